The Kier molecular flexibility index (Phi) is 6.04. The van der Waals surface area contributed by atoms with Gasteiger partial charge in [0, 0.05) is 32.4 Å². The Labute approximate surface area is 246 Å². The fourth-order valence-corrected chi connectivity index (χ4v) is 8.21. The quantitative estimate of drug-likeness (QED) is 0.209. The van der Waals surface area contributed by atoms with Gasteiger partial charge in [-0.2, -0.15) is 0 Å². The second kappa shape index (κ2) is 10.2. The van der Waals surface area contributed by atoms with Gasteiger partial charge in [-0.1, -0.05) is 140 Å². The molecule has 0 spiro atoms. The van der Waals surface area contributed by atoms with E-state index in [0.29, 0.717) is 11.8 Å². The fraction of sp³-hybridized carbons (Fsp3) is 0.100. The molecule has 8 rings (SSSR count). The lowest BCUT2D eigenvalue weighted by Crippen LogP contribution is -2.09. The van der Waals surface area contributed by atoms with Crippen LogP contribution in [0.2, 0.25) is 0 Å². The minimum atomic E-state index is 0.437. The van der Waals surface area contributed by atoms with Gasteiger partial charge in [-0.3, -0.25) is 0 Å². The van der Waals surface area contributed by atoms with Crippen molar-refractivity contribution in [2.45, 2.75) is 24.7 Å². The molecule has 0 fully saturated rings. The number of hydrogen-bond donors (Lipinski definition) is 0. The zero-order valence-corrected chi connectivity index (χ0v) is 23.7. The van der Waals surface area contributed by atoms with Crippen molar-refractivity contribution < 1.29 is 0 Å². The van der Waals surface area contributed by atoms with Crippen LogP contribution in [0.4, 0.5) is 0 Å². The van der Waals surface area contributed by atoms with Gasteiger partial charge in [-0.15, -0.1) is 11.3 Å². The van der Waals surface area contributed by atoms with Gasteiger partial charge in [0.15, 0.2) is 0 Å². The fourth-order valence-electron chi connectivity index (χ4n) is 6.84. The van der Waals surface area contributed by atoms with Crippen molar-refractivity contribution in [3.05, 3.63) is 157 Å². The van der Waals surface area contributed by atoms with Gasteiger partial charge in [0.05, 0.1) is 0 Å². The highest BCUT2D eigenvalue weighted by molar-refractivity contribution is 7.23. The second-order valence-corrected chi connectivity index (χ2v) is 12.2. The molecule has 41 heavy (non-hydrogen) atoms. The smallest absolute Gasteiger partial charge is 0.0434 e. The molecule has 2 unspecified atom stereocenters. The van der Waals surface area contributed by atoms with Gasteiger partial charge >= 0.3 is 0 Å². The summed E-state index contributed by atoms with van der Waals surface area (Å²) in [5, 5.41) is 1.32. The van der Waals surface area contributed by atoms with E-state index in [-0.39, 0.29) is 0 Å². The summed E-state index contributed by atoms with van der Waals surface area (Å²) >= 11 is 1.92. The van der Waals surface area contributed by atoms with Crippen LogP contribution in [0.25, 0.3) is 53.9 Å². The summed E-state index contributed by atoms with van der Waals surface area (Å²) in [6.07, 6.45) is 11.7. The molecular weight excluding hydrogens is 513 g/mol. The van der Waals surface area contributed by atoms with E-state index in [2.05, 4.69) is 146 Å². The molecule has 1 aromatic heterocycles. The summed E-state index contributed by atoms with van der Waals surface area (Å²) in [5.74, 6) is 0.893. The molecule has 2 bridgehead atoms. The van der Waals surface area contributed by atoms with Gasteiger partial charge in [-0.05, 0) is 63.4 Å². The van der Waals surface area contributed by atoms with E-state index in [1.807, 2.05) is 11.3 Å². The molecular formula is C40H30S. The summed E-state index contributed by atoms with van der Waals surface area (Å²) in [4.78, 5) is 1.33. The first-order valence-corrected chi connectivity index (χ1v) is 15.4. The van der Waals surface area contributed by atoms with E-state index in [1.54, 1.807) is 0 Å². The Morgan fingerprint density at radius 2 is 1.12 bits per heavy atom. The van der Waals surface area contributed by atoms with E-state index in [4.69, 9.17) is 0 Å². The molecule has 196 valence electrons. The molecule has 0 saturated heterocycles. The SMILES string of the molecule is C1=CC2CCC(C=C1)c1ccc(-c3cccc4c(-c5ccccc5)c(-c5ccccc5)sc34)cc1-c1ccccc12. The predicted molar refractivity (Wildman–Crippen MR) is 177 cm³/mol. The standard InChI is InChI=1S/C40H30S/c1-3-14-29(15-4-1)38-36-21-11-20-34(40(36)41-39(38)30-16-5-2-6-17-30)31-24-25-33-28-13-8-7-12-27(22-23-28)32-18-9-10-19-35(32)37(33)26-31/h1-21,24-28H,22-23H2. The van der Waals surface area contributed by atoms with E-state index in [1.165, 1.54) is 77.9 Å². The Morgan fingerprint density at radius 3 is 1.88 bits per heavy atom. The maximum absolute atomic E-state index is 2.47. The van der Waals surface area contributed by atoms with Crippen molar-refractivity contribution in [1.29, 1.82) is 0 Å². The lowest BCUT2D eigenvalue weighted by atomic mass is 9.76. The molecule has 6 aromatic rings. The van der Waals surface area contributed by atoms with Crippen LogP contribution in [0, 0.1) is 0 Å². The van der Waals surface area contributed by atoms with E-state index in [9.17, 15) is 0 Å². The molecule has 2 atom stereocenters. The molecule has 0 aliphatic heterocycles. The Bertz CT molecular complexity index is 1940. The highest BCUT2D eigenvalue weighted by atomic mass is 32.1. The lowest BCUT2D eigenvalue weighted by Gasteiger charge is -2.28. The van der Waals surface area contributed by atoms with Crippen molar-refractivity contribution in [2.24, 2.45) is 0 Å². The third-order valence-corrected chi connectivity index (χ3v) is 10.1. The highest BCUT2D eigenvalue weighted by Crippen LogP contribution is 2.49. The average molecular weight is 543 g/mol. The van der Waals surface area contributed by atoms with Crippen LogP contribution in [0.15, 0.2) is 146 Å². The highest BCUT2D eigenvalue weighted by Gasteiger charge is 2.25. The van der Waals surface area contributed by atoms with Crippen molar-refractivity contribution in [2.75, 3.05) is 0 Å². The van der Waals surface area contributed by atoms with Gasteiger partial charge < -0.3 is 0 Å². The van der Waals surface area contributed by atoms with E-state index < -0.39 is 0 Å². The Balaban J connectivity index is 1.37. The van der Waals surface area contributed by atoms with Crippen LogP contribution < -0.4 is 0 Å². The van der Waals surface area contributed by atoms with Crippen LogP contribution in [0.1, 0.15) is 35.8 Å². The van der Waals surface area contributed by atoms with Crippen LogP contribution in [-0.4, -0.2) is 0 Å². The molecule has 2 aliphatic carbocycles. The Morgan fingerprint density at radius 1 is 0.488 bits per heavy atom. The second-order valence-electron chi connectivity index (χ2n) is 11.2. The number of rotatable bonds is 3. The largest absolute Gasteiger partial charge is 0.134 e. The molecule has 1 heteroatoms. The first-order valence-electron chi connectivity index (χ1n) is 14.6. The summed E-state index contributed by atoms with van der Waals surface area (Å²) < 4.78 is 1.35. The van der Waals surface area contributed by atoms with Crippen LogP contribution in [-0.2, 0) is 0 Å². The molecule has 1 heterocycles. The first-order chi connectivity index (χ1) is 20.3. The molecule has 0 amide bonds. The van der Waals surface area contributed by atoms with Gasteiger partial charge in [0.2, 0.25) is 0 Å². The molecule has 5 aromatic carbocycles. The van der Waals surface area contributed by atoms with Crippen LogP contribution in [0.5, 0.6) is 0 Å². The summed E-state index contributed by atoms with van der Waals surface area (Å²) in [6, 6.07) is 44.9. The van der Waals surface area contributed by atoms with Crippen molar-refractivity contribution in [3.63, 3.8) is 0 Å². The van der Waals surface area contributed by atoms with Gasteiger partial charge in [0.1, 0.15) is 0 Å². The maximum atomic E-state index is 2.47. The molecule has 0 radical (unpaired) electrons. The first kappa shape index (κ1) is 24.3. The minimum absolute atomic E-state index is 0.437. The number of allylic oxidation sites excluding steroid dienone is 4. The van der Waals surface area contributed by atoms with E-state index >= 15 is 0 Å². The predicted octanol–water partition coefficient (Wildman–Crippen LogP) is 11.7. The van der Waals surface area contributed by atoms with Crippen LogP contribution >= 0.6 is 11.3 Å². The average Bonchev–Trinajstić information content (AvgIpc) is 3.42. The zero-order valence-electron chi connectivity index (χ0n) is 22.8. The number of fused-ring (bicyclic) bond motifs is 9. The lowest BCUT2D eigenvalue weighted by molar-refractivity contribution is 0.625. The summed E-state index contributed by atoms with van der Waals surface area (Å²) in [6.45, 7) is 0. The van der Waals surface area contributed by atoms with Crippen molar-refractivity contribution >= 4 is 21.4 Å². The molecule has 0 N–H and O–H groups in total. The summed E-state index contributed by atoms with van der Waals surface area (Å²) in [5.41, 5.74) is 12.1. The number of hydrogen-bond acceptors (Lipinski definition) is 1. The number of benzene rings is 5. The Hall–Kier alpha value is -4.46. The maximum Gasteiger partial charge on any atom is 0.0434 e. The van der Waals surface area contributed by atoms with Gasteiger partial charge in [0.25, 0.3) is 0 Å². The topological polar surface area (TPSA) is 0 Å². The van der Waals surface area contributed by atoms with Gasteiger partial charge in [-0.25, -0.2) is 0 Å². The van der Waals surface area contributed by atoms with Crippen molar-refractivity contribution in [1.82, 2.24) is 0 Å². The molecule has 0 saturated carbocycles. The minimum Gasteiger partial charge on any atom is -0.134 e. The third kappa shape index (κ3) is 4.20. The summed E-state index contributed by atoms with van der Waals surface area (Å²) in [7, 11) is 0. The van der Waals surface area contributed by atoms with E-state index in [0.717, 1.165) is 0 Å². The van der Waals surface area contributed by atoms with Crippen molar-refractivity contribution in [3.8, 4) is 43.8 Å². The normalized spacial score (nSPS) is 17.4. The molecule has 2 aliphatic rings. The monoisotopic (exact) mass is 542 g/mol. The molecule has 0 nitrogen and oxygen atoms in total. The third-order valence-electron chi connectivity index (χ3n) is 8.81. The number of thiophene rings is 1. The zero-order chi connectivity index (χ0) is 27.2. The van der Waals surface area contributed by atoms with Crippen LogP contribution in [0.3, 0.4) is 0 Å².